The number of amides is 4. The SMILES string of the molecule is O=C1NC(=O)N(c2ccc(Cl)cc2)C(=O)/C1=C/c1ccc(OCc2ccc(F)cc2)c(Cl)c1. The van der Waals surface area contributed by atoms with Crippen LogP contribution in [0.5, 0.6) is 5.75 Å². The van der Waals surface area contributed by atoms with Crippen LogP contribution in [0.4, 0.5) is 14.9 Å². The molecule has 1 aliphatic heterocycles. The first-order chi connectivity index (χ1) is 15.8. The molecular weight excluding hydrogens is 470 g/mol. The van der Waals surface area contributed by atoms with E-state index in [0.29, 0.717) is 16.3 Å². The maximum absolute atomic E-state index is 13.0. The van der Waals surface area contributed by atoms with Crippen molar-refractivity contribution >= 4 is 52.8 Å². The van der Waals surface area contributed by atoms with E-state index >= 15 is 0 Å². The number of barbiturate groups is 1. The highest BCUT2D eigenvalue weighted by atomic mass is 35.5. The van der Waals surface area contributed by atoms with Gasteiger partial charge in [0.15, 0.2) is 0 Å². The average molecular weight is 485 g/mol. The summed E-state index contributed by atoms with van der Waals surface area (Å²) in [7, 11) is 0. The summed E-state index contributed by atoms with van der Waals surface area (Å²) in [6.45, 7) is 0.180. The molecule has 4 rings (SSSR count). The quantitative estimate of drug-likeness (QED) is 0.389. The van der Waals surface area contributed by atoms with Gasteiger partial charge < -0.3 is 4.74 Å². The topological polar surface area (TPSA) is 75.7 Å². The van der Waals surface area contributed by atoms with Crippen molar-refractivity contribution in [2.75, 3.05) is 4.90 Å². The lowest BCUT2D eigenvalue weighted by Crippen LogP contribution is -2.54. The predicted octanol–water partition coefficient (Wildman–Crippen LogP) is 5.38. The zero-order valence-electron chi connectivity index (χ0n) is 16.8. The number of carbonyl (C=O) groups is 3. The van der Waals surface area contributed by atoms with Crippen molar-refractivity contribution in [3.8, 4) is 5.75 Å². The van der Waals surface area contributed by atoms with Crippen molar-refractivity contribution in [1.29, 1.82) is 0 Å². The number of rotatable bonds is 5. The number of nitrogens with one attached hydrogen (secondary N) is 1. The van der Waals surface area contributed by atoms with Crippen LogP contribution >= 0.6 is 23.2 Å². The lowest BCUT2D eigenvalue weighted by Gasteiger charge is -2.26. The van der Waals surface area contributed by atoms with Crippen LogP contribution in [-0.4, -0.2) is 17.8 Å². The largest absolute Gasteiger partial charge is 0.487 e. The van der Waals surface area contributed by atoms with Gasteiger partial charge in [-0.1, -0.05) is 41.4 Å². The molecule has 3 aromatic rings. The molecule has 0 aromatic heterocycles. The fraction of sp³-hybridized carbons (Fsp3) is 0.0417. The summed E-state index contributed by atoms with van der Waals surface area (Å²) in [4.78, 5) is 38.4. The minimum atomic E-state index is -0.855. The van der Waals surface area contributed by atoms with Gasteiger partial charge in [-0.25, -0.2) is 14.1 Å². The van der Waals surface area contributed by atoms with Gasteiger partial charge in [-0.05, 0) is 65.7 Å². The van der Waals surface area contributed by atoms with E-state index in [9.17, 15) is 18.8 Å². The Morgan fingerprint density at radius 2 is 1.64 bits per heavy atom. The van der Waals surface area contributed by atoms with Gasteiger partial charge in [-0.2, -0.15) is 0 Å². The molecule has 6 nitrogen and oxygen atoms in total. The fourth-order valence-electron chi connectivity index (χ4n) is 3.11. The van der Waals surface area contributed by atoms with Gasteiger partial charge in [0.25, 0.3) is 11.8 Å². The molecule has 1 heterocycles. The second-order valence-electron chi connectivity index (χ2n) is 7.04. The molecule has 0 aliphatic carbocycles. The van der Waals surface area contributed by atoms with Crippen molar-refractivity contribution in [2.24, 2.45) is 0 Å². The van der Waals surface area contributed by atoms with E-state index < -0.39 is 17.8 Å². The monoisotopic (exact) mass is 484 g/mol. The van der Waals surface area contributed by atoms with Crippen molar-refractivity contribution < 1.29 is 23.5 Å². The molecule has 0 unspecified atom stereocenters. The lowest BCUT2D eigenvalue weighted by atomic mass is 10.1. The Balaban J connectivity index is 1.55. The Hall–Kier alpha value is -3.68. The second-order valence-corrected chi connectivity index (χ2v) is 7.88. The van der Waals surface area contributed by atoms with Gasteiger partial charge in [0.1, 0.15) is 23.7 Å². The van der Waals surface area contributed by atoms with Crippen LogP contribution in [0.2, 0.25) is 10.0 Å². The molecule has 9 heteroatoms. The van der Waals surface area contributed by atoms with Gasteiger partial charge in [-0.15, -0.1) is 0 Å². The standard InChI is InChI=1S/C24H15Cl2FN2O4/c25-16-4-8-18(9-5-16)29-23(31)19(22(30)28-24(29)32)11-15-3-10-21(20(26)12-15)33-13-14-1-6-17(27)7-2-14/h1-12H,13H2,(H,28,30,32)/b19-11+. The molecule has 4 amide bonds. The summed E-state index contributed by atoms with van der Waals surface area (Å²) in [6, 6.07) is 15.8. The molecule has 0 radical (unpaired) electrons. The first kappa shape index (κ1) is 22.5. The minimum absolute atomic E-state index is 0.180. The molecule has 33 heavy (non-hydrogen) atoms. The van der Waals surface area contributed by atoms with Crippen LogP contribution in [0.3, 0.4) is 0 Å². The first-order valence-electron chi connectivity index (χ1n) is 9.65. The molecule has 0 spiro atoms. The average Bonchev–Trinajstić information content (AvgIpc) is 2.78. The smallest absolute Gasteiger partial charge is 0.335 e. The Bertz CT molecular complexity index is 1270. The second kappa shape index (κ2) is 9.44. The molecule has 0 bridgehead atoms. The van der Waals surface area contributed by atoms with Gasteiger partial charge in [-0.3, -0.25) is 14.9 Å². The highest BCUT2D eigenvalue weighted by Crippen LogP contribution is 2.29. The van der Waals surface area contributed by atoms with Gasteiger partial charge in [0.05, 0.1) is 10.7 Å². The van der Waals surface area contributed by atoms with Crippen LogP contribution in [0, 0.1) is 5.82 Å². The first-order valence-corrected chi connectivity index (χ1v) is 10.4. The number of hydrogen-bond donors (Lipinski definition) is 1. The third kappa shape index (κ3) is 5.05. The minimum Gasteiger partial charge on any atom is -0.487 e. The van der Waals surface area contributed by atoms with E-state index in [1.807, 2.05) is 0 Å². The molecule has 0 atom stereocenters. The van der Waals surface area contributed by atoms with Crippen LogP contribution < -0.4 is 15.0 Å². The zero-order chi connectivity index (χ0) is 23.5. The maximum Gasteiger partial charge on any atom is 0.335 e. The summed E-state index contributed by atoms with van der Waals surface area (Å²) < 4.78 is 18.7. The normalized spacial score (nSPS) is 15.1. The molecule has 3 aromatic carbocycles. The molecular formula is C24H15Cl2FN2O4. The molecule has 1 saturated heterocycles. The zero-order valence-corrected chi connectivity index (χ0v) is 18.4. The van der Waals surface area contributed by atoms with Crippen LogP contribution in [0.25, 0.3) is 6.08 Å². The van der Waals surface area contributed by atoms with E-state index in [1.54, 1.807) is 24.3 Å². The Morgan fingerprint density at radius 1 is 0.939 bits per heavy atom. The van der Waals surface area contributed by atoms with Gasteiger partial charge >= 0.3 is 6.03 Å². The molecule has 1 aliphatic rings. The third-order valence-electron chi connectivity index (χ3n) is 4.76. The predicted molar refractivity (Wildman–Crippen MR) is 123 cm³/mol. The maximum atomic E-state index is 13.0. The third-order valence-corrected chi connectivity index (χ3v) is 5.31. The Kier molecular flexibility index (Phi) is 6.44. The summed E-state index contributed by atoms with van der Waals surface area (Å²) in [5, 5.41) is 2.84. The highest BCUT2D eigenvalue weighted by molar-refractivity contribution is 6.39. The summed E-state index contributed by atoms with van der Waals surface area (Å²) >= 11 is 12.2. The fourth-order valence-corrected chi connectivity index (χ4v) is 3.48. The highest BCUT2D eigenvalue weighted by Gasteiger charge is 2.36. The summed E-state index contributed by atoms with van der Waals surface area (Å²) in [6.07, 6.45) is 1.34. The van der Waals surface area contributed by atoms with Crippen molar-refractivity contribution in [3.63, 3.8) is 0 Å². The Labute approximate surface area is 198 Å². The van der Waals surface area contributed by atoms with Crippen LogP contribution in [0.1, 0.15) is 11.1 Å². The molecule has 1 fully saturated rings. The number of ether oxygens (including phenoxy) is 1. The summed E-state index contributed by atoms with van der Waals surface area (Å²) in [5.41, 5.74) is 1.25. The lowest BCUT2D eigenvalue weighted by molar-refractivity contribution is -0.122. The summed E-state index contributed by atoms with van der Waals surface area (Å²) in [5.74, 6) is -1.56. The number of carbonyl (C=O) groups excluding carboxylic acids is 3. The van der Waals surface area contributed by atoms with Gasteiger partial charge in [0.2, 0.25) is 0 Å². The number of imide groups is 2. The van der Waals surface area contributed by atoms with Crippen molar-refractivity contribution in [3.05, 3.63) is 99.3 Å². The van der Waals surface area contributed by atoms with E-state index in [-0.39, 0.29) is 28.7 Å². The van der Waals surface area contributed by atoms with Crippen LogP contribution in [-0.2, 0) is 16.2 Å². The number of benzene rings is 3. The molecule has 0 saturated carbocycles. The van der Waals surface area contributed by atoms with Crippen molar-refractivity contribution in [2.45, 2.75) is 6.61 Å². The van der Waals surface area contributed by atoms with Gasteiger partial charge in [0, 0.05) is 5.02 Å². The number of anilines is 1. The van der Waals surface area contributed by atoms with E-state index in [0.717, 1.165) is 10.5 Å². The number of nitrogens with zero attached hydrogens (tertiary/aromatic N) is 1. The van der Waals surface area contributed by atoms with Crippen LogP contribution in [0.15, 0.2) is 72.3 Å². The van der Waals surface area contributed by atoms with E-state index in [1.165, 1.54) is 48.5 Å². The molecule has 166 valence electrons. The number of hydrogen-bond acceptors (Lipinski definition) is 4. The van der Waals surface area contributed by atoms with E-state index in [2.05, 4.69) is 5.32 Å². The van der Waals surface area contributed by atoms with Crippen molar-refractivity contribution in [1.82, 2.24) is 5.32 Å². The number of halogens is 3. The molecule has 1 N–H and O–H groups in total. The number of urea groups is 1. The van der Waals surface area contributed by atoms with E-state index in [4.69, 9.17) is 27.9 Å². The Morgan fingerprint density at radius 3 is 2.30 bits per heavy atom.